The minimum absolute atomic E-state index is 0.237. The third kappa shape index (κ3) is 4.82. The van der Waals surface area contributed by atoms with Crippen LogP contribution >= 0.6 is 0 Å². The lowest BCUT2D eigenvalue weighted by Gasteiger charge is -2.30. The minimum atomic E-state index is -0.709. The lowest BCUT2D eigenvalue weighted by Crippen LogP contribution is -2.42. The van der Waals surface area contributed by atoms with Crippen molar-refractivity contribution in [2.75, 3.05) is 5.01 Å². The maximum atomic E-state index is 13.3. The van der Waals surface area contributed by atoms with E-state index in [1.807, 2.05) is 42.5 Å². The summed E-state index contributed by atoms with van der Waals surface area (Å²) in [6, 6.07) is 18.3. The van der Waals surface area contributed by atoms with Crippen LogP contribution < -0.4 is 5.01 Å². The van der Waals surface area contributed by atoms with Crippen molar-refractivity contribution in [1.29, 1.82) is 0 Å². The van der Waals surface area contributed by atoms with Gasteiger partial charge in [0, 0.05) is 5.39 Å². The third-order valence-electron chi connectivity index (χ3n) is 4.06. The molecule has 0 saturated heterocycles. The molecule has 0 aliphatic rings. The average Bonchev–Trinajstić information content (AvgIpc) is 3.00. The number of fused-ring (bicyclic) bond motifs is 1. The van der Waals surface area contributed by atoms with E-state index >= 15 is 0 Å². The van der Waals surface area contributed by atoms with Gasteiger partial charge in [-0.25, -0.2) is 14.3 Å². The quantitative estimate of drug-likeness (QED) is 0.514. The number of benzene rings is 2. The van der Waals surface area contributed by atoms with Gasteiger partial charge in [0.15, 0.2) is 0 Å². The van der Waals surface area contributed by atoms with Crippen molar-refractivity contribution in [3.8, 4) is 0 Å². The number of rotatable bonds is 3. The number of carbonyl (C=O) groups excluding carboxylic acids is 2. The van der Waals surface area contributed by atoms with Crippen LogP contribution in [0.25, 0.3) is 10.9 Å². The third-order valence-corrected chi connectivity index (χ3v) is 4.06. The summed E-state index contributed by atoms with van der Waals surface area (Å²) < 4.78 is 12.9. The molecule has 3 aromatic rings. The molecule has 1 aromatic heterocycles. The van der Waals surface area contributed by atoms with E-state index in [2.05, 4.69) is 0 Å². The molecule has 1 heterocycles. The number of nitrogens with zero attached hydrogens (tertiary/aromatic N) is 2. The summed E-state index contributed by atoms with van der Waals surface area (Å²) in [6.07, 6.45) is -0.597. The van der Waals surface area contributed by atoms with Gasteiger partial charge in [0.1, 0.15) is 16.9 Å². The van der Waals surface area contributed by atoms with Crippen LogP contribution in [-0.4, -0.2) is 27.9 Å². The highest BCUT2D eigenvalue weighted by molar-refractivity contribution is 5.99. The second kappa shape index (κ2) is 7.86. The molecule has 0 spiro atoms. The van der Waals surface area contributed by atoms with Crippen LogP contribution in [0.3, 0.4) is 0 Å². The van der Waals surface area contributed by atoms with Gasteiger partial charge in [-0.2, -0.15) is 5.01 Å². The van der Waals surface area contributed by atoms with Gasteiger partial charge in [-0.1, -0.05) is 36.4 Å². The van der Waals surface area contributed by atoms with E-state index < -0.39 is 23.3 Å². The van der Waals surface area contributed by atoms with Crippen LogP contribution in [0.15, 0.2) is 60.7 Å². The smallest absolute Gasteiger partial charge is 0.434 e. The first kappa shape index (κ1) is 21.4. The number of hydrogen-bond donors (Lipinski definition) is 0. The molecule has 30 heavy (non-hydrogen) atoms. The van der Waals surface area contributed by atoms with Gasteiger partial charge in [-0.05, 0) is 65.8 Å². The van der Waals surface area contributed by atoms with Crippen molar-refractivity contribution in [3.63, 3.8) is 0 Å². The SMILES string of the molecule is CC(C)(C)OC(=O)c1cc2ccccc2n1N(C(=O)OC(C)(C)C)c1ccccc1. The number of amides is 1. The molecular weight excluding hydrogens is 380 g/mol. The molecule has 0 N–H and O–H groups in total. The predicted molar refractivity (Wildman–Crippen MR) is 118 cm³/mol. The first-order valence-corrected chi connectivity index (χ1v) is 9.88. The predicted octanol–water partition coefficient (Wildman–Crippen LogP) is 5.80. The molecule has 0 fully saturated rings. The van der Waals surface area contributed by atoms with Gasteiger partial charge in [0.05, 0.1) is 11.2 Å². The molecule has 0 aliphatic carbocycles. The Kier molecular flexibility index (Phi) is 5.61. The van der Waals surface area contributed by atoms with E-state index in [4.69, 9.17) is 9.47 Å². The zero-order valence-corrected chi connectivity index (χ0v) is 18.3. The van der Waals surface area contributed by atoms with Gasteiger partial charge in [-0.3, -0.25) is 0 Å². The molecule has 6 nitrogen and oxygen atoms in total. The van der Waals surface area contributed by atoms with E-state index in [9.17, 15) is 9.59 Å². The van der Waals surface area contributed by atoms with Crippen LogP contribution in [0.4, 0.5) is 10.5 Å². The second-order valence-electron chi connectivity index (χ2n) is 9.03. The molecule has 0 saturated carbocycles. The number of anilines is 1. The Bertz CT molecular complexity index is 1060. The van der Waals surface area contributed by atoms with E-state index in [1.54, 1.807) is 64.4 Å². The summed E-state index contributed by atoms with van der Waals surface area (Å²) in [7, 11) is 0. The summed E-state index contributed by atoms with van der Waals surface area (Å²) >= 11 is 0. The Morgan fingerprint density at radius 2 is 1.37 bits per heavy atom. The molecular formula is C24H28N2O4. The fourth-order valence-corrected chi connectivity index (χ4v) is 3.01. The highest BCUT2D eigenvalue weighted by Gasteiger charge is 2.31. The van der Waals surface area contributed by atoms with E-state index in [0.29, 0.717) is 11.2 Å². The van der Waals surface area contributed by atoms with E-state index in [0.717, 1.165) is 5.39 Å². The van der Waals surface area contributed by atoms with Gasteiger partial charge < -0.3 is 9.47 Å². The molecule has 0 atom stereocenters. The Labute approximate surface area is 177 Å². The fourth-order valence-electron chi connectivity index (χ4n) is 3.01. The lowest BCUT2D eigenvalue weighted by atomic mass is 10.2. The van der Waals surface area contributed by atoms with Gasteiger partial charge >= 0.3 is 12.1 Å². The van der Waals surface area contributed by atoms with Crippen LogP contribution in [-0.2, 0) is 9.47 Å². The van der Waals surface area contributed by atoms with Crippen molar-refractivity contribution in [1.82, 2.24) is 4.68 Å². The summed E-state index contributed by atoms with van der Waals surface area (Å²) in [6.45, 7) is 10.8. The zero-order valence-electron chi connectivity index (χ0n) is 18.3. The Morgan fingerprint density at radius 1 is 0.800 bits per heavy atom. The standard InChI is InChI=1S/C24H28N2O4/c1-23(2,3)29-21(27)20-16-17-12-10-11-15-19(17)26(20)25(18-13-8-7-9-14-18)22(28)30-24(4,5)6/h7-16H,1-6H3. The van der Waals surface area contributed by atoms with Gasteiger partial charge in [0.25, 0.3) is 0 Å². The maximum absolute atomic E-state index is 13.3. The van der Waals surface area contributed by atoms with Crippen molar-refractivity contribution in [2.24, 2.45) is 0 Å². The molecule has 158 valence electrons. The van der Waals surface area contributed by atoms with Crippen molar-refractivity contribution in [3.05, 3.63) is 66.4 Å². The van der Waals surface area contributed by atoms with Crippen molar-refractivity contribution >= 4 is 28.7 Å². The van der Waals surface area contributed by atoms with Crippen LogP contribution in [0, 0.1) is 0 Å². The molecule has 0 aliphatic heterocycles. The van der Waals surface area contributed by atoms with Crippen LogP contribution in [0.5, 0.6) is 0 Å². The highest BCUT2D eigenvalue weighted by atomic mass is 16.6. The molecule has 0 unspecified atom stereocenters. The van der Waals surface area contributed by atoms with Crippen LogP contribution in [0.1, 0.15) is 52.0 Å². The number of para-hydroxylation sites is 2. The van der Waals surface area contributed by atoms with E-state index in [-0.39, 0.29) is 5.69 Å². The zero-order chi connectivity index (χ0) is 22.1. The Morgan fingerprint density at radius 3 is 1.97 bits per heavy atom. The van der Waals surface area contributed by atoms with Crippen molar-refractivity contribution in [2.45, 2.75) is 52.7 Å². The second-order valence-corrected chi connectivity index (χ2v) is 9.03. The first-order chi connectivity index (χ1) is 14.0. The fraction of sp³-hybridized carbons (Fsp3) is 0.333. The van der Waals surface area contributed by atoms with E-state index in [1.165, 1.54) is 5.01 Å². The summed E-state index contributed by atoms with van der Waals surface area (Å²) in [5.41, 5.74) is 0.105. The summed E-state index contributed by atoms with van der Waals surface area (Å²) in [4.78, 5) is 26.4. The largest absolute Gasteiger partial charge is 0.455 e. The lowest BCUT2D eigenvalue weighted by molar-refractivity contribution is 0.00583. The molecule has 6 heteroatoms. The summed E-state index contributed by atoms with van der Waals surface area (Å²) in [5.74, 6) is -0.525. The molecule has 0 bridgehead atoms. The molecule has 2 aromatic carbocycles. The first-order valence-electron chi connectivity index (χ1n) is 9.88. The topological polar surface area (TPSA) is 60.8 Å². The average molecular weight is 408 g/mol. The highest BCUT2D eigenvalue weighted by Crippen LogP contribution is 2.28. The molecule has 0 radical (unpaired) electrons. The normalized spacial score (nSPS) is 11.9. The van der Waals surface area contributed by atoms with Gasteiger partial charge in [-0.15, -0.1) is 0 Å². The minimum Gasteiger partial charge on any atom is -0.455 e. The van der Waals surface area contributed by atoms with Crippen LogP contribution in [0.2, 0.25) is 0 Å². The monoisotopic (exact) mass is 408 g/mol. The van der Waals surface area contributed by atoms with Crippen molar-refractivity contribution < 1.29 is 19.1 Å². The number of hydrogen-bond acceptors (Lipinski definition) is 4. The number of ether oxygens (including phenoxy) is 2. The maximum Gasteiger partial charge on any atom is 0.434 e. The summed E-state index contributed by atoms with van der Waals surface area (Å²) in [5, 5.41) is 2.18. The number of aromatic nitrogens is 1. The Balaban J connectivity index is 2.24. The van der Waals surface area contributed by atoms with Gasteiger partial charge in [0.2, 0.25) is 0 Å². The number of carbonyl (C=O) groups is 2. The Hall–Kier alpha value is -3.28. The molecule has 3 rings (SSSR count). The molecule has 1 amide bonds. The number of esters is 1.